The maximum Gasteiger partial charge on any atom is 0.293 e. The van der Waals surface area contributed by atoms with E-state index in [4.69, 9.17) is 25.5 Å². The minimum atomic E-state index is -0.441. The predicted molar refractivity (Wildman–Crippen MR) is 113 cm³/mol. The van der Waals surface area contributed by atoms with Crippen molar-refractivity contribution in [3.05, 3.63) is 75.6 Å². The van der Waals surface area contributed by atoms with E-state index in [2.05, 4.69) is 0 Å². The first-order valence-electron chi connectivity index (χ1n) is 9.17. The first-order chi connectivity index (χ1) is 15.0. The van der Waals surface area contributed by atoms with Crippen molar-refractivity contribution in [2.24, 2.45) is 0 Å². The van der Waals surface area contributed by atoms with Gasteiger partial charge in [0.2, 0.25) is 6.79 Å². The third-order valence-electron chi connectivity index (χ3n) is 4.77. The molecule has 6 nitrogen and oxygen atoms in total. The summed E-state index contributed by atoms with van der Waals surface area (Å²) in [6.45, 7) is 0.110. The summed E-state index contributed by atoms with van der Waals surface area (Å²) >= 11 is 7.10. The monoisotopic (exact) mass is 457 g/mol. The highest BCUT2D eigenvalue weighted by Gasteiger charge is 2.36. The van der Waals surface area contributed by atoms with Gasteiger partial charge in [0.15, 0.2) is 11.5 Å². The zero-order valence-corrected chi connectivity index (χ0v) is 17.3. The Morgan fingerprint density at radius 3 is 2.58 bits per heavy atom. The summed E-state index contributed by atoms with van der Waals surface area (Å²) in [4.78, 5) is 26.6. The van der Waals surface area contributed by atoms with Crippen LogP contribution in [0, 0.1) is 5.82 Å². The van der Waals surface area contributed by atoms with E-state index in [1.54, 1.807) is 36.4 Å². The molecule has 0 spiro atoms. The molecule has 0 atom stereocenters. The lowest BCUT2D eigenvalue weighted by Crippen LogP contribution is -2.27. The Balaban J connectivity index is 1.36. The first kappa shape index (κ1) is 19.7. The van der Waals surface area contributed by atoms with Gasteiger partial charge < -0.3 is 13.9 Å². The molecule has 2 amide bonds. The van der Waals surface area contributed by atoms with E-state index in [-0.39, 0.29) is 24.1 Å². The van der Waals surface area contributed by atoms with E-state index in [1.807, 2.05) is 0 Å². The summed E-state index contributed by atoms with van der Waals surface area (Å²) in [7, 11) is 0. The quantitative estimate of drug-likeness (QED) is 0.468. The van der Waals surface area contributed by atoms with E-state index in [0.29, 0.717) is 39.2 Å². The lowest BCUT2D eigenvalue weighted by molar-refractivity contribution is -0.123. The number of amides is 2. The highest BCUT2D eigenvalue weighted by Crippen LogP contribution is 2.39. The fraction of sp³-hybridized carbons (Fsp3) is 0.0909. The molecule has 156 valence electrons. The molecule has 0 saturated carbocycles. The van der Waals surface area contributed by atoms with Crippen LogP contribution in [0.5, 0.6) is 11.5 Å². The Morgan fingerprint density at radius 2 is 1.81 bits per heavy atom. The summed E-state index contributed by atoms with van der Waals surface area (Å²) in [6, 6.07) is 12.5. The summed E-state index contributed by atoms with van der Waals surface area (Å²) in [5.74, 6) is 1.20. The van der Waals surface area contributed by atoms with Gasteiger partial charge in [0, 0.05) is 22.7 Å². The molecule has 3 heterocycles. The Hall–Kier alpha value is -3.23. The number of carbonyl (C=O) groups is 2. The van der Waals surface area contributed by atoms with Crippen LogP contribution in [0.25, 0.3) is 17.4 Å². The number of rotatable bonds is 4. The molecule has 3 aromatic rings. The third kappa shape index (κ3) is 3.80. The average Bonchev–Trinajstić information content (AvgIpc) is 3.45. The number of hydrogen-bond donors (Lipinski definition) is 0. The van der Waals surface area contributed by atoms with Gasteiger partial charge in [-0.1, -0.05) is 11.6 Å². The van der Waals surface area contributed by atoms with Gasteiger partial charge in [-0.2, -0.15) is 0 Å². The van der Waals surface area contributed by atoms with Crippen LogP contribution in [0.2, 0.25) is 5.02 Å². The zero-order chi connectivity index (χ0) is 21.5. The van der Waals surface area contributed by atoms with Crippen LogP contribution in [0.15, 0.2) is 57.9 Å². The minimum Gasteiger partial charge on any atom is -0.457 e. The van der Waals surface area contributed by atoms with E-state index in [1.165, 1.54) is 18.2 Å². The summed E-state index contributed by atoms with van der Waals surface area (Å²) < 4.78 is 29.4. The van der Waals surface area contributed by atoms with Crippen LogP contribution in [0.4, 0.5) is 9.18 Å². The Bertz CT molecular complexity index is 1240. The largest absolute Gasteiger partial charge is 0.457 e. The second-order valence-electron chi connectivity index (χ2n) is 6.77. The second kappa shape index (κ2) is 7.79. The number of nitrogens with zero attached hydrogens (tertiary/aromatic N) is 1. The van der Waals surface area contributed by atoms with Crippen molar-refractivity contribution < 1.29 is 27.9 Å². The van der Waals surface area contributed by atoms with Crippen molar-refractivity contribution >= 4 is 40.6 Å². The number of hydrogen-bond acceptors (Lipinski definition) is 6. The summed E-state index contributed by atoms with van der Waals surface area (Å²) in [5, 5.41) is -0.0300. The number of furan rings is 1. The molecular formula is C22H13ClFNO5S. The first-order valence-corrected chi connectivity index (χ1v) is 10.4. The van der Waals surface area contributed by atoms with Crippen molar-refractivity contribution in [2.45, 2.75) is 6.54 Å². The molecule has 0 bridgehead atoms. The lowest BCUT2D eigenvalue weighted by atomic mass is 10.2. The number of fused-ring (bicyclic) bond motifs is 1. The third-order valence-corrected chi connectivity index (χ3v) is 6.03. The Labute approximate surface area is 185 Å². The van der Waals surface area contributed by atoms with E-state index < -0.39 is 11.1 Å². The number of ether oxygens (including phenoxy) is 2. The summed E-state index contributed by atoms with van der Waals surface area (Å²) in [6.07, 6.45) is 1.51. The molecule has 9 heteroatoms. The van der Waals surface area contributed by atoms with E-state index in [0.717, 1.165) is 16.7 Å². The molecule has 2 aliphatic heterocycles. The van der Waals surface area contributed by atoms with Gasteiger partial charge in [0.25, 0.3) is 11.1 Å². The van der Waals surface area contributed by atoms with Crippen LogP contribution in [-0.4, -0.2) is 22.8 Å². The fourth-order valence-electron chi connectivity index (χ4n) is 3.22. The van der Waals surface area contributed by atoms with Gasteiger partial charge in [0.1, 0.15) is 17.3 Å². The molecule has 1 fully saturated rings. The van der Waals surface area contributed by atoms with Gasteiger partial charge >= 0.3 is 0 Å². The lowest BCUT2D eigenvalue weighted by Gasteiger charge is -2.14. The van der Waals surface area contributed by atoms with Crippen LogP contribution in [-0.2, 0) is 11.3 Å². The van der Waals surface area contributed by atoms with E-state index in [9.17, 15) is 14.0 Å². The molecule has 0 radical (unpaired) electrons. The maximum atomic E-state index is 13.1. The van der Waals surface area contributed by atoms with Crippen molar-refractivity contribution in [3.63, 3.8) is 0 Å². The minimum absolute atomic E-state index is 0.0104. The van der Waals surface area contributed by atoms with Gasteiger partial charge in [-0.05, 0) is 59.8 Å². The summed E-state index contributed by atoms with van der Waals surface area (Å²) in [5.41, 5.74) is 1.28. The predicted octanol–water partition coefficient (Wildman–Crippen LogP) is 5.70. The van der Waals surface area contributed by atoms with Crippen LogP contribution in [0.3, 0.4) is 0 Å². The molecule has 0 N–H and O–H groups in total. The smallest absolute Gasteiger partial charge is 0.293 e. The molecule has 2 aliphatic rings. The molecule has 0 aliphatic carbocycles. The van der Waals surface area contributed by atoms with Crippen molar-refractivity contribution in [1.29, 1.82) is 0 Å². The van der Waals surface area contributed by atoms with Crippen LogP contribution in [0.1, 0.15) is 11.3 Å². The van der Waals surface area contributed by atoms with Crippen LogP contribution >= 0.6 is 23.4 Å². The molecule has 2 aromatic carbocycles. The fourth-order valence-corrected chi connectivity index (χ4v) is 4.25. The molecule has 5 rings (SSSR count). The Kier molecular flexibility index (Phi) is 4.95. The molecular weight excluding hydrogens is 445 g/mol. The zero-order valence-electron chi connectivity index (χ0n) is 15.8. The van der Waals surface area contributed by atoms with Crippen molar-refractivity contribution in [3.8, 4) is 22.8 Å². The van der Waals surface area contributed by atoms with Gasteiger partial charge in [-0.3, -0.25) is 14.5 Å². The average molecular weight is 458 g/mol. The van der Waals surface area contributed by atoms with Crippen LogP contribution < -0.4 is 9.47 Å². The number of halogens is 2. The number of carbonyl (C=O) groups excluding carboxylic acids is 2. The van der Waals surface area contributed by atoms with Gasteiger partial charge in [0.05, 0.1) is 11.4 Å². The van der Waals surface area contributed by atoms with Crippen molar-refractivity contribution in [1.82, 2.24) is 4.90 Å². The number of thioether (sulfide) groups is 1. The Morgan fingerprint density at radius 1 is 1.06 bits per heavy atom. The molecule has 1 aromatic heterocycles. The maximum absolute atomic E-state index is 13.1. The highest BCUT2D eigenvalue weighted by molar-refractivity contribution is 8.18. The molecule has 0 unspecified atom stereocenters. The molecule has 1 saturated heterocycles. The SMILES string of the molecule is O=C1SC(=Cc2ccc(-c3ccc(F)cc3)o2)C(=O)N1Cc1cc2c(cc1Cl)OCO2. The van der Waals surface area contributed by atoms with Crippen molar-refractivity contribution in [2.75, 3.05) is 6.79 Å². The highest BCUT2D eigenvalue weighted by atomic mass is 35.5. The van der Waals surface area contributed by atoms with E-state index >= 15 is 0 Å². The number of benzene rings is 2. The second-order valence-corrected chi connectivity index (χ2v) is 8.17. The number of imide groups is 1. The normalized spacial score (nSPS) is 16.6. The van der Waals surface area contributed by atoms with Gasteiger partial charge in [-0.15, -0.1) is 0 Å². The topological polar surface area (TPSA) is 69.0 Å². The molecule has 31 heavy (non-hydrogen) atoms. The van der Waals surface area contributed by atoms with Gasteiger partial charge in [-0.25, -0.2) is 4.39 Å². The standard InChI is InChI=1S/C22H13ClFNO5S/c23-16-9-19-18(28-11-29-19)7-13(16)10-25-21(26)20(31-22(25)27)8-15-5-6-17(30-15)12-1-3-14(24)4-2-12/h1-9H,10-11H2.